The maximum Gasteiger partial charge on any atom is 0.190 e. The third-order valence-corrected chi connectivity index (χ3v) is 4.54. The Balaban J connectivity index is 2.30. The lowest BCUT2D eigenvalue weighted by atomic mass is 10.3. The van der Waals surface area contributed by atoms with Crippen LogP contribution in [0, 0.1) is 0 Å². The van der Waals surface area contributed by atoms with E-state index < -0.39 is 0 Å². The Morgan fingerprint density at radius 1 is 1.29 bits per heavy atom. The Hall–Kier alpha value is -1.59. The lowest BCUT2D eigenvalue weighted by Crippen LogP contribution is -2.11. The highest BCUT2D eigenvalue weighted by molar-refractivity contribution is 7.15. The standard InChI is InChI=1S/C16H23N3OS/c1-5-12-15(11-17-6-2)21-16(18-12)19(3)13-9-7-8-10-14(13)20-4/h7-10,17H,5-6,11H2,1-4H3. The third-order valence-electron chi connectivity index (χ3n) is 3.37. The molecule has 1 N–H and O–H groups in total. The summed E-state index contributed by atoms with van der Waals surface area (Å²) in [6.07, 6.45) is 0.955. The van der Waals surface area contributed by atoms with Crippen LogP contribution in [-0.2, 0) is 13.0 Å². The first-order valence-corrected chi connectivity index (χ1v) is 8.08. The maximum atomic E-state index is 5.44. The van der Waals surface area contributed by atoms with Crippen LogP contribution in [0.1, 0.15) is 24.4 Å². The summed E-state index contributed by atoms with van der Waals surface area (Å²) in [6, 6.07) is 8.02. The number of benzene rings is 1. The number of anilines is 2. The molecule has 5 heteroatoms. The van der Waals surface area contributed by atoms with Crippen LogP contribution in [0.5, 0.6) is 5.75 Å². The predicted octanol–water partition coefficient (Wildman–Crippen LogP) is 3.59. The number of hydrogen-bond donors (Lipinski definition) is 1. The molecule has 0 atom stereocenters. The molecule has 4 nitrogen and oxygen atoms in total. The second-order valence-electron chi connectivity index (χ2n) is 4.73. The monoisotopic (exact) mass is 305 g/mol. The van der Waals surface area contributed by atoms with Crippen molar-refractivity contribution in [3.8, 4) is 5.75 Å². The fourth-order valence-corrected chi connectivity index (χ4v) is 3.27. The number of aryl methyl sites for hydroxylation is 1. The van der Waals surface area contributed by atoms with Crippen LogP contribution in [0.3, 0.4) is 0 Å². The minimum absolute atomic E-state index is 0.862. The van der Waals surface area contributed by atoms with Crippen molar-refractivity contribution in [2.24, 2.45) is 0 Å². The van der Waals surface area contributed by atoms with Crippen LogP contribution in [0.25, 0.3) is 0 Å². The summed E-state index contributed by atoms with van der Waals surface area (Å²) in [5.74, 6) is 0.862. The number of methoxy groups -OCH3 is 1. The molecule has 0 aliphatic rings. The molecular formula is C16H23N3OS. The number of hydrogen-bond acceptors (Lipinski definition) is 5. The van der Waals surface area contributed by atoms with Crippen LogP contribution in [0.2, 0.25) is 0 Å². The van der Waals surface area contributed by atoms with Crippen LogP contribution in [0.4, 0.5) is 10.8 Å². The Morgan fingerprint density at radius 2 is 2.05 bits per heavy atom. The zero-order valence-electron chi connectivity index (χ0n) is 13.1. The third kappa shape index (κ3) is 3.54. The SMILES string of the molecule is CCNCc1sc(N(C)c2ccccc2OC)nc1CC. The number of nitrogens with one attached hydrogen (secondary N) is 1. The molecule has 1 aromatic heterocycles. The minimum atomic E-state index is 0.862. The molecule has 21 heavy (non-hydrogen) atoms. The van der Waals surface area contributed by atoms with E-state index in [2.05, 4.69) is 30.1 Å². The molecule has 114 valence electrons. The average molecular weight is 305 g/mol. The van der Waals surface area contributed by atoms with Gasteiger partial charge >= 0.3 is 0 Å². The summed E-state index contributed by atoms with van der Waals surface area (Å²) < 4.78 is 5.44. The van der Waals surface area contributed by atoms with E-state index in [4.69, 9.17) is 9.72 Å². The molecule has 2 aromatic rings. The van der Waals surface area contributed by atoms with Gasteiger partial charge in [0.25, 0.3) is 0 Å². The van der Waals surface area contributed by atoms with Crippen molar-refractivity contribution in [2.75, 3.05) is 25.6 Å². The van der Waals surface area contributed by atoms with Crippen LogP contribution < -0.4 is 15.0 Å². The van der Waals surface area contributed by atoms with Gasteiger partial charge in [-0.2, -0.15) is 0 Å². The van der Waals surface area contributed by atoms with E-state index in [1.165, 1.54) is 10.6 Å². The first-order chi connectivity index (χ1) is 10.2. The number of para-hydroxylation sites is 2. The molecule has 0 aliphatic carbocycles. The molecular weight excluding hydrogens is 282 g/mol. The molecule has 0 saturated carbocycles. The van der Waals surface area contributed by atoms with Crippen LogP contribution >= 0.6 is 11.3 Å². The molecule has 1 heterocycles. The van der Waals surface area contributed by atoms with Gasteiger partial charge in [0.05, 0.1) is 18.5 Å². The van der Waals surface area contributed by atoms with Crippen molar-refractivity contribution < 1.29 is 4.74 Å². The zero-order valence-corrected chi connectivity index (χ0v) is 14.0. The van der Waals surface area contributed by atoms with E-state index >= 15 is 0 Å². The second-order valence-corrected chi connectivity index (χ2v) is 5.79. The molecule has 0 radical (unpaired) electrons. The molecule has 0 bridgehead atoms. The summed E-state index contributed by atoms with van der Waals surface area (Å²) in [5.41, 5.74) is 2.21. The lowest BCUT2D eigenvalue weighted by molar-refractivity contribution is 0.415. The first-order valence-electron chi connectivity index (χ1n) is 7.27. The molecule has 0 spiro atoms. The van der Waals surface area contributed by atoms with E-state index in [0.29, 0.717) is 0 Å². The number of aromatic nitrogens is 1. The largest absolute Gasteiger partial charge is 0.495 e. The molecule has 2 rings (SSSR count). The number of ether oxygens (including phenoxy) is 1. The van der Waals surface area contributed by atoms with E-state index in [0.717, 1.165) is 36.1 Å². The first kappa shape index (κ1) is 15.8. The molecule has 1 aromatic carbocycles. The van der Waals surface area contributed by atoms with Crippen LogP contribution in [-0.4, -0.2) is 25.7 Å². The van der Waals surface area contributed by atoms with E-state index in [9.17, 15) is 0 Å². The summed E-state index contributed by atoms with van der Waals surface area (Å²) >= 11 is 1.74. The highest BCUT2D eigenvalue weighted by Crippen LogP contribution is 2.35. The molecule has 0 saturated heterocycles. The summed E-state index contributed by atoms with van der Waals surface area (Å²) in [7, 11) is 3.73. The van der Waals surface area contributed by atoms with Gasteiger partial charge in [-0.15, -0.1) is 0 Å². The quantitative estimate of drug-likeness (QED) is 0.848. The highest BCUT2D eigenvalue weighted by atomic mass is 32.1. The Labute approximate surface area is 130 Å². The Bertz CT molecular complexity index is 583. The van der Waals surface area contributed by atoms with Gasteiger partial charge in [-0.3, -0.25) is 0 Å². The van der Waals surface area contributed by atoms with E-state index in [1.54, 1.807) is 18.4 Å². The van der Waals surface area contributed by atoms with Crippen molar-refractivity contribution in [1.82, 2.24) is 10.3 Å². The summed E-state index contributed by atoms with van der Waals surface area (Å²) in [5, 5.41) is 4.38. The smallest absolute Gasteiger partial charge is 0.190 e. The molecule has 0 amide bonds. The summed E-state index contributed by atoms with van der Waals surface area (Å²) in [6.45, 7) is 6.13. The van der Waals surface area contributed by atoms with Crippen LogP contribution in [0.15, 0.2) is 24.3 Å². The molecule has 0 fully saturated rings. The lowest BCUT2D eigenvalue weighted by Gasteiger charge is -2.18. The fraction of sp³-hybridized carbons (Fsp3) is 0.438. The van der Waals surface area contributed by atoms with Crippen molar-refractivity contribution in [3.05, 3.63) is 34.8 Å². The Kier molecular flexibility index (Phi) is 5.59. The number of rotatable bonds is 7. The van der Waals surface area contributed by atoms with E-state index in [-0.39, 0.29) is 0 Å². The Morgan fingerprint density at radius 3 is 2.71 bits per heavy atom. The maximum absolute atomic E-state index is 5.44. The predicted molar refractivity (Wildman–Crippen MR) is 89.9 cm³/mol. The normalized spacial score (nSPS) is 10.7. The van der Waals surface area contributed by atoms with Gasteiger partial charge in [0, 0.05) is 18.5 Å². The minimum Gasteiger partial charge on any atom is -0.495 e. The molecule has 0 aliphatic heterocycles. The van der Waals surface area contributed by atoms with E-state index in [1.807, 2.05) is 25.2 Å². The topological polar surface area (TPSA) is 37.4 Å². The van der Waals surface area contributed by atoms with Gasteiger partial charge in [0.2, 0.25) is 0 Å². The van der Waals surface area contributed by atoms with Crippen molar-refractivity contribution >= 4 is 22.2 Å². The fourth-order valence-electron chi connectivity index (χ4n) is 2.18. The van der Waals surface area contributed by atoms with Crippen molar-refractivity contribution in [2.45, 2.75) is 26.8 Å². The summed E-state index contributed by atoms with van der Waals surface area (Å²) in [4.78, 5) is 8.19. The van der Waals surface area contributed by atoms with Gasteiger partial charge in [0.15, 0.2) is 5.13 Å². The van der Waals surface area contributed by atoms with Crippen molar-refractivity contribution in [1.29, 1.82) is 0 Å². The number of thiazole rings is 1. The van der Waals surface area contributed by atoms with Crippen molar-refractivity contribution in [3.63, 3.8) is 0 Å². The zero-order chi connectivity index (χ0) is 15.2. The van der Waals surface area contributed by atoms with Gasteiger partial charge in [-0.1, -0.05) is 37.3 Å². The number of nitrogens with zero attached hydrogens (tertiary/aromatic N) is 2. The average Bonchev–Trinajstić information content (AvgIpc) is 2.95. The molecule has 0 unspecified atom stereocenters. The van der Waals surface area contributed by atoms with Gasteiger partial charge in [-0.25, -0.2) is 4.98 Å². The van der Waals surface area contributed by atoms with Gasteiger partial charge in [-0.05, 0) is 25.1 Å². The second kappa shape index (κ2) is 7.43. The van der Waals surface area contributed by atoms with Gasteiger partial charge in [0.1, 0.15) is 5.75 Å². The highest BCUT2D eigenvalue weighted by Gasteiger charge is 2.16. The van der Waals surface area contributed by atoms with Gasteiger partial charge < -0.3 is 15.0 Å².